The van der Waals surface area contributed by atoms with Crippen LogP contribution in [0.5, 0.6) is 5.75 Å². The van der Waals surface area contributed by atoms with E-state index in [0.717, 1.165) is 12.1 Å². The molecule has 1 aliphatic heterocycles. The second-order valence-electron chi connectivity index (χ2n) is 6.24. The van der Waals surface area contributed by atoms with Gasteiger partial charge >= 0.3 is 0 Å². The normalized spacial score (nSPS) is 13.9. The summed E-state index contributed by atoms with van der Waals surface area (Å²) in [6.07, 6.45) is 0. The Balaban J connectivity index is 1.84. The molecule has 1 N–H and O–H groups in total. The number of thiophene rings is 1. The standard InChI is InChI=1S/C21H13ClF2N2O3S/c1-29-16-7-4-11(22)9-14(16)25-19-18(17-3-2-8-30-17)20(27)26(21(19)28)15-6-5-12(23)10-13(15)24/h2-10,25H,1H3. The second kappa shape index (κ2) is 7.89. The van der Waals surface area contributed by atoms with Crippen LogP contribution in [-0.4, -0.2) is 18.9 Å². The summed E-state index contributed by atoms with van der Waals surface area (Å²) < 4.78 is 33.0. The molecule has 0 atom stereocenters. The molecule has 1 aliphatic rings. The Morgan fingerprint density at radius 3 is 2.53 bits per heavy atom. The van der Waals surface area contributed by atoms with Gasteiger partial charge < -0.3 is 10.1 Å². The first-order chi connectivity index (χ1) is 14.4. The number of rotatable bonds is 5. The number of ether oxygens (including phenoxy) is 1. The Labute approximate surface area is 179 Å². The van der Waals surface area contributed by atoms with Gasteiger partial charge in [0.2, 0.25) is 0 Å². The molecule has 30 heavy (non-hydrogen) atoms. The molecule has 2 heterocycles. The van der Waals surface area contributed by atoms with Gasteiger partial charge in [-0.3, -0.25) is 9.59 Å². The van der Waals surface area contributed by atoms with Gasteiger partial charge in [0.05, 0.1) is 24.1 Å². The lowest BCUT2D eigenvalue weighted by atomic mass is 10.1. The van der Waals surface area contributed by atoms with Gasteiger partial charge in [-0.05, 0) is 41.8 Å². The van der Waals surface area contributed by atoms with Crippen molar-refractivity contribution in [3.05, 3.63) is 81.1 Å². The van der Waals surface area contributed by atoms with E-state index in [0.29, 0.717) is 32.3 Å². The zero-order valence-electron chi connectivity index (χ0n) is 15.4. The maximum absolute atomic E-state index is 14.4. The van der Waals surface area contributed by atoms with Crippen molar-refractivity contribution in [3.63, 3.8) is 0 Å². The number of hydrogen-bond acceptors (Lipinski definition) is 5. The van der Waals surface area contributed by atoms with Crippen molar-refractivity contribution in [1.29, 1.82) is 0 Å². The molecule has 0 radical (unpaired) electrons. The molecule has 0 spiro atoms. The van der Waals surface area contributed by atoms with E-state index in [-0.39, 0.29) is 17.0 Å². The average molecular weight is 447 g/mol. The number of imide groups is 1. The van der Waals surface area contributed by atoms with Crippen LogP contribution in [0.25, 0.3) is 5.57 Å². The molecule has 2 amide bonds. The fourth-order valence-corrected chi connectivity index (χ4v) is 4.03. The van der Waals surface area contributed by atoms with Crippen molar-refractivity contribution in [1.82, 2.24) is 0 Å². The van der Waals surface area contributed by atoms with Crippen LogP contribution in [0.2, 0.25) is 5.02 Å². The quantitative estimate of drug-likeness (QED) is 0.555. The predicted octanol–water partition coefficient (Wildman–Crippen LogP) is 5.08. The van der Waals surface area contributed by atoms with Gasteiger partial charge in [0.15, 0.2) is 0 Å². The van der Waals surface area contributed by atoms with E-state index in [1.807, 2.05) is 0 Å². The van der Waals surface area contributed by atoms with Crippen molar-refractivity contribution in [2.75, 3.05) is 17.3 Å². The molecule has 0 saturated heterocycles. The van der Waals surface area contributed by atoms with Gasteiger partial charge in [-0.2, -0.15) is 0 Å². The van der Waals surface area contributed by atoms with Crippen LogP contribution in [0.4, 0.5) is 20.2 Å². The van der Waals surface area contributed by atoms with Crippen LogP contribution < -0.4 is 15.0 Å². The van der Waals surface area contributed by atoms with E-state index in [9.17, 15) is 18.4 Å². The predicted molar refractivity (Wildman–Crippen MR) is 112 cm³/mol. The highest BCUT2D eigenvalue weighted by Gasteiger charge is 2.42. The Hall–Kier alpha value is -3.23. The third-order valence-corrected chi connectivity index (χ3v) is 5.55. The number of amides is 2. The van der Waals surface area contributed by atoms with Gasteiger partial charge in [0.25, 0.3) is 11.8 Å². The van der Waals surface area contributed by atoms with Gasteiger partial charge in [0, 0.05) is 16.0 Å². The maximum Gasteiger partial charge on any atom is 0.282 e. The second-order valence-corrected chi connectivity index (χ2v) is 7.62. The Morgan fingerprint density at radius 1 is 1.07 bits per heavy atom. The van der Waals surface area contributed by atoms with E-state index in [1.54, 1.807) is 35.7 Å². The first kappa shape index (κ1) is 20.1. The summed E-state index contributed by atoms with van der Waals surface area (Å²) in [5.74, 6) is -2.95. The number of halogens is 3. The minimum Gasteiger partial charge on any atom is -0.495 e. The lowest BCUT2D eigenvalue weighted by Gasteiger charge is -2.16. The Morgan fingerprint density at radius 2 is 1.87 bits per heavy atom. The topological polar surface area (TPSA) is 58.6 Å². The summed E-state index contributed by atoms with van der Waals surface area (Å²) in [5, 5.41) is 5.05. The third kappa shape index (κ3) is 3.44. The molecule has 0 fully saturated rings. The zero-order chi connectivity index (χ0) is 21.4. The molecule has 9 heteroatoms. The van der Waals surface area contributed by atoms with Crippen LogP contribution in [0.3, 0.4) is 0 Å². The lowest BCUT2D eigenvalue weighted by molar-refractivity contribution is -0.120. The van der Waals surface area contributed by atoms with E-state index in [4.69, 9.17) is 16.3 Å². The minimum absolute atomic E-state index is 0.0632. The van der Waals surface area contributed by atoms with E-state index >= 15 is 0 Å². The van der Waals surface area contributed by atoms with Crippen molar-refractivity contribution in [3.8, 4) is 5.75 Å². The fraction of sp³-hybridized carbons (Fsp3) is 0.0476. The highest BCUT2D eigenvalue weighted by molar-refractivity contribution is 7.11. The van der Waals surface area contributed by atoms with Gasteiger partial charge in [-0.25, -0.2) is 13.7 Å². The number of hydrogen-bond donors (Lipinski definition) is 1. The smallest absolute Gasteiger partial charge is 0.282 e. The van der Waals surface area contributed by atoms with Crippen LogP contribution in [0, 0.1) is 11.6 Å². The summed E-state index contributed by atoms with van der Waals surface area (Å²) in [4.78, 5) is 27.6. The summed E-state index contributed by atoms with van der Waals surface area (Å²) >= 11 is 7.31. The van der Waals surface area contributed by atoms with Crippen molar-refractivity contribution >= 4 is 51.7 Å². The first-order valence-electron chi connectivity index (χ1n) is 8.63. The molecular weight excluding hydrogens is 434 g/mol. The maximum atomic E-state index is 14.4. The Kier molecular flexibility index (Phi) is 5.27. The molecule has 152 valence electrons. The molecule has 5 nitrogen and oxygen atoms in total. The first-order valence-corrected chi connectivity index (χ1v) is 9.89. The van der Waals surface area contributed by atoms with E-state index < -0.39 is 23.4 Å². The van der Waals surface area contributed by atoms with Gasteiger partial charge in [-0.15, -0.1) is 11.3 Å². The molecule has 1 aromatic heterocycles. The van der Waals surface area contributed by atoms with Gasteiger partial charge in [0.1, 0.15) is 23.1 Å². The van der Waals surface area contributed by atoms with Crippen LogP contribution >= 0.6 is 22.9 Å². The number of nitrogens with one attached hydrogen (secondary N) is 1. The molecule has 0 bridgehead atoms. The van der Waals surface area contributed by atoms with Gasteiger partial charge in [-0.1, -0.05) is 17.7 Å². The summed E-state index contributed by atoms with van der Waals surface area (Å²) in [6, 6.07) is 10.8. The number of carbonyl (C=O) groups is 2. The van der Waals surface area contributed by atoms with Crippen LogP contribution in [-0.2, 0) is 9.59 Å². The zero-order valence-corrected chi connectivity index (χ0v) is 17.0. The average Bonchev–Trinajstić information content (AvgIpc) is 3.30. The lowest BCUT2D eigenvalue weighted by Crippen LogP contribution is -2.33. The number of carbonyl (C=O) groups excluding carboxylic acids is 2. The van der Waals surface area contributed by atoms with Crippen molar-refractivity contribution in [2.45, 2.75) is 0 Å². The molecule has 0 saturated carbocycles. The molecule has 3 aromatic rings. The molecule has 2 aromatic carbocycles. The third-order valence-electron chi connectivity index (χ3n) is 4.42. The number of methoxy groups -OCH3 is 1. The number of anilines is 2. The number of nitrogens with zero attached hydrogens (tertiary/aromatic N) is 1. The molecule has 0 aliphatic carbocycles. The van der Waals surface area contributed by atoms with E-state index in [1.165, 1.54) is 18.4 Å². The van der Waals surface area contributed by atoms with E-state index in [2.05, 4.69) is 5.32 Å². The molecule has 4 rings (SSSR count). The molecular formula is C21H13ClF2N2O3S. The van der Waals surface area contributed by atoms with Crippen LogP contribution in [0.15, 0.2) is 59.6 Å². The van der Waals surface area contributed by atoms with Crippen LogP contribution in [0.1, 0.15) is 4.88 Å². The summed E-state index contributed by atoms with van der Waals surface area (Å²) in [6.45, 7) is 0. The molecule has 0 unspecified atom stereocenters. The highest BCUT2D eigenvalue weighted by atomic mass is 35.5. The summed E-state index contributed by atoms with van der Waals surface area (Å²) in [7, 11) is 1.45. The number of benzene rings is 2. The SMILES string of the molecule is COc1ccc(Cl)cc1NC1=C(c2cccs2)C(=O)N(c2ccc(F)cc2F)C1=O. The fourth-order valence-electron chi connectivity index (χ4n) is 3.09. The van der Waals surface area contributed by atoms with Crippen molar-refractivity contribution in [2.24, 2.45) is 0 Å². The largest absolute Gasteiger partial charge is 0.495 e. The monoisotopic (exact) mass is 446 g/mol. The van der Waals surface area contributed by atoms with Crippen molar-refractivity contribution < 1.29 is 23.1 Å². The summed E-state index contributed by atoms with van der Waals surface area (Å²) in [5.41, 5.74) is 0.0273. The highest BCUT2D eigenvalue weighted by Crippen LogP contribution is 2.38. The minimum atomic E-state index is -1.02. The Bertz CT molecular complexity index is 1190.